The molecule has 0 atom stereocenters. The summed E-state index contributed by atoms with van der Waals surface area (Å²) in [4.78, 5) is 39.7. The monoisotopic (exact) mass is 406 g/mol. The second kappa shape index (κ2) is 8.07. The van der Waals surface area contributed by atoms with Gasteiger partial charge in [-0.15, -0.1) is 11.3 Å². The van der Waals surface area contributed by atoms with E-state index in [1.54, 1.807) is 36.4 Å². The lowest BCUT2D eigenvalue weighted by atomic mass is 10.2. The first-order chi connectivity index (χ1) is 12.4. The molecule has 1 aromatic carbocycles. The molecular formula is C18H15ClN2O3S2. The fourth-order valence-electron chi connectivity index (χ4n) is 2.33. The van der Waals surface area contributed by atoms with E-state index in [0.29, 0.717) is 14.8 Å². The third-order valence-corrected chi connectivity index (χ3v) is 5.79. The second-order valence-electron chi connectivity index (χ2n) is 5.55. The Labute approximate surface area is 164 Å². The topological polar surface area (TPSA) is 66.5 Å². The van der Waals surface area contributed by atoms with Gasteiger partial charge in [0.1, 0.15) is 0 Å². The number of hydrogen-bond donors (Lipinski definition) is 1. The predicted octanol–water partition coefficient (Wildman–Crippen LogP) is 4.18. The van der Waals surface area contributed by atoms with Gasteiger partial charge in [-0.1, -0.05) is 23.7 Å². The van der Waals surface area contributed by atoms with Crippen molar-refractivity contribution in [3.63, 3.8) is 0 Å². The van der Waals surface area contributed by atoms with Gasteiger partial charge in [0.15, 0.2) is 0 Å². The number of imide groups is 1. The summed E-state index contributed by atoms with van der Waals surface area (Å²) in [6.45, 7) is 2.27. The normalized spacial score (nSPS) is 15.8. The van der Waals surface area contributed by atoms with Crippen molar-refractivity contribution in [1.82, 2.24) is 10.2 Å². The summed E-state index contributed by atoms with van der Waals surface area (Å²) in [5.41, 5.74) is 0.793. The molecule has 1 fully saturated rings. The number of amides is 3. The number of thiophene rings is 1. The highest BCUT2D eigenvalue weighted by atomic mass is 35.5. The molecule has 2 aromatic rings. The van der Waals surface area contributed by atoms with E-state index < -0.39 is 0 Å². The van der Waals surface area contributed by atoms with Crippen molar-refractivity contribution in [2.75, 3.05) is 13.1 Å². The number of carbonyl (C=O) groups is 3. The Morgan fingerprint density at radius 2 is 1.92 bits per heavy atom. The number of nitrogens with one attached hydrogen (secondary N) is 1. The van der Waals surface area contributed by atoms with Crippen LogP contribution in [0.3, 0.4) is 0 Å². The Balaban J connectivity index is 1.58. The maximum absolute atomic E-state index is 12.4. The summed E-state index contributed by atoms with van der Waals surface area (Å²) in [6.07, 6.45) is 1.66. The molecule has 0 radical (unpaired) electrons. The van der Waals surface area contributed by atoms with Crippen LogP contribution in [0, 0.1) is 6.92 Å². The van der Waals surface area contributed by atoms with Crippen molar-refractivity contribution in [3.05, 3.63) is 61.6 Å². The Hall–Kier alpha value is -2.09. The van der Waals surface area contributed by atoms with Crippen LogP contribution in [-0.2, 0) is 4.79 Å². The maximum atomic E-state index is 12.4. The summed E-state index contributed by atoms with van der Waals surface area (Å²) in [5, 5.41) is 3.00. The number of nitrogens with zero attached hydrogens (tertiary/aromatic N) is 1. The SMILES string of the molecule is Cc1ccc(C(=O)NCCN2C(=O)S/C(=C\c3ccc(Cl)cc3)C2=O)s1. The molecule has 134 valence electrons. The van der Waals surface area contributed by atoms with Gasteiger partial charge in [0.25, 0.3) is 17.1 Å². The van der Waals surface area contributed by atoms with Crippen LogP contribution >= 0.6 is 34.7 Å². The van der Waals surface area contributed by atoms with Gasteiger partial charge >= 0.3 is 0 Å². The van der Waals surface area contributed by atoms with Gasteiger partial charge in [0, 0.05) is 23.0 Å². The van der Waals surface area contributed by atoms with Crippen molar-refractivity contribution >= 4 is 57.8 Å². The molecule has 1 aromatic heterocycles. The molecule has 0 bridgehead atoms. The van der Waals surface area contributed by atoms with Crippen molar-refractivity contribution < 1.29 is 14.4 Å². The molecule has 1 aliphatic rings. The van der Waals surface area contributed by atoms with Gasteiger partial charge in [-0.3, -0.25) is 19.3 Å². The summed E-state index contributed by atoms with van der Waals surface area (Å²) in [7, 11) is 0. The molecule has 2 heterocycles. The van der Waals surface area contributed by atoms with E-state index in [-0.39, 0.29) is 30.1 Å². The average molecular weight is 407 g/mol. The number of rotatable bonds is 5. The number of thioether (sulfide) groups is 1. The molecule has 26 heavy (non-hydrogen) atoms. The summed E-state index contributed by atoms with van der Waals surface area (Å²) in [5.74, 6) is -0.553. The summed E-state index contributed by atoms with van der Waals surface area (Å²) in [6, 6.07) is 10.6. The molecule has 8 heteroatoms. The van der Waals surface area contributed by atoms with E-state index in [2.05, 4.69) is 5.32 Å². The number of aryl methyl sites for hydroxylation is 1. The van der Waals surface area contributed by atoms with Gasteiger partial charge in [0.05, 0.1) is 9.78 Å². The van der Waals surface area contributed by atoms with Crippen LogP contribution in [0.25, 0.3) is 6.08 Å². The minimum atomic E-state index is -0.351. The molecule has 0 saturated carbocycles. The molecule has 0 aliphatic carbocycles. The van der Waals surface area contributed by atoms with Gasteiger partial charge in [0.2, 0.25) is 0 Å². The predicted molar refractivity (Wildman–Crippen MR) is 106 cm³/mol. The molecule has 3 rings (SSSR count). The smallest absolute Gasteiger partial charge is 0.293 e. The number of halogens is 1. The summed E-state index contributed by atoms with van der Waals surface area (Å²) >= 11 is 8.14. The third kappa shape index (κ3) is 4.35. The molecule has 1 aliphatic heterocycles. The lowest BCUT2D eigenvalue weighted by molar-refractivity contribution is -0.122. The van der Waals surface area contributed by atoms with Crippen LogP contribution in [0.5, 0.6) is 0 Å². The number of hydrogen-bond acceptors (Lipinski definition) is 5. The van der Waals surface area contributed by atoms with Gasteiger partial charge in [-0.25, -0.2) is 0 Å². The minimum absolute atomic E-state index is 0.138. The average Bonchev–Trinajstić information content (AvgIpc) is 3.15. The standard InChI is InChI=1S/C18H15ClN2O3S2/c1-11-2-7-14(25-11)16(22)20-8-9-21-17(23)15(26-18(21)24)10-12-3-5-13(19)6-4-12/h2-7,10H,8-9H2,1H3,(H,20,22)/b15-10-. The Kier molecular flexibility index (Phi) is 5.80. The zero-order chi connectivity index (χ0) is 18.7. The molecule has 5 nitrogen and oxygen atoms in total. The lowest BCUT2D eigenvalue weighted by Gasteiger charge is -2.12. The van der Waals surface area contributed by atoms with Crippen molar-refractivity contribution in [3.8, 4) is 0 Å². The van der Waals surface area contributed by atoms with E-state index >= 15 is 0 Å². The zero-order valence-electron chi connectivity index (χ0n) is 13.8. The van der Waals surface area contributed by atoms with Gasteiger partial charge in [-0.2, -0.15) is 0 Å². The van der Waals surface area contributed by atoms with Crippen molar-refractivity contribution in [1.29, 1.82) is 0 Å². The van der Waals surface area contributed by atoms with Crippen LogP contribution in [0.1, 0.15) is 20.1 Å². The molecule has 1 N–H and O–H groups in total. The highest BCUT2D eigenvalue weighted by Gasteiger charge is 2.34. The van der Waals surface area contributed by atoms with Gasteiger partial charge < -0.3 is 5.32 Å². The molecular weight excluding hydrogens is 392 g/mol. The molecule has 1 saturated heterocycles. The van der Waals surface area contributed by atoms with E-state index in [9.17, 15) is 14.4 Å². The first-order valence-electron chi connectivity index (χ1n) is 7.79. The quantitative estimate of drug-likeness (QED) is 0.756. The van der Waals surface area contributed by atoms with E-state index in [1.165, 1.54) is 11.3 Å². The Morgan fingerprint density at radius 3 is 2.58 bits per heavy atom. The van der Waals surface area contributed by atoms with Crippen molar-refractivity contribution in [2.45, 2.75) is 6.92 Å². The maximum Gasteiger partial charge on any atom is 0.293 e. The van der Waals surface area contributed by atoms with E-state index in [1.807, 2.05) is 13.0 Å². The van der Waals surface area contributed by atoms with Crippen LogP contribution in [0.4, 0.5) is 4.79 Å². The number of benzene rings is 1. The van der Waals surface area contributed by atoms with Gasteiger partial charge in [-0.05, 0) is 54.6 Å². The highest BCUT2D eigenvalue weighted by Crippen LogP contribution is 2.32. The first-order valence-corrected chi connectivity index (χ1v) is 9.81. The zero-order valence-corrected chi connectivity index (χ0v) is 16.2. The molecule has 3 amide bonds. The molecule has 0 spiro atoms. The first kappa shape index (κ1) is 18.7. The van der Waals surface area contributed by atoms with Crippen LogP contribution in [0.2, 0.25) is 5.02 Å². The lowest BCUT2D eigenvalue weighted by Crippen LogP contribution is -2.37. The largest absolute Gasteiger partial charge is 0.350 e. The second-order valence-corrected chi connectivity index (χ2v) is 8.27. The van der Waals surface area contributed by atoms with Crippen LogP contribution in [0.15, 0.2) is 41.3 Å². The van der Waals surface area contributed by atoms with E-state index in [4.69, 9.17) is 11.6 Å². The third-order valence-electron chi connectivity index (χ3n) is 3.63. The molecule has 0 unspecified atom stereocenters. The fraction of sp³-hybridized carbons (Fsp3) is 0.167. The number of carbonyl (C=O) groups excluding carboxylic acids is 3. The van der Waals surface area contributed by atoms with E-state index in [0.717, 1.165) is 27.1 Å². The minimum Gasteiger partial charge on any atom is -0.350 e. The van der Waals surface area contributed by atoms with Crippen LogP contribution < -0.4 is 5.32 Å². The Bertz CT molecular complexity index is 890. The van der Waals surface area contributed by atoms with Crippen LogP contribution in [-0.4, -0.2) is 35.0 Å². The Morgan fingerprint density at radius 1 is 1.19 bits per heavy atom. The highest BCUT2D eigenvalue weighted by molar-refractivity contribution is 8.18. The fourth-order valence-corrected chi connectivity index (χ4v) is 4.10. The summed E-state index contributed by atoms with van der Waals surface area (Å²) < 4.78 is 0. The van der Waals surface area contributed by atoms with Crippen molar-refractivity contribution in [2.24, 2.45) is 0 Å².